The van der Waals surface area contributed by atoms with E-state index in [-0.39, 0.29) is 6.04 Å². The average Bonchev–Trinajstić information content (AvgIpc) is 2.52. The Hall–Kier alpha value is -1.06. The van der Waals surface area contributed by atoms with E-state index < -0.39 is 6.10 Å². The predicted molar refractivity (Wildman–Crippen MR) is 88.9 cm³/mol. The van der Waals surface area contributed by atoms with Gasteiger partial charge in [-0.05, 0) is 29.7 Å². The molecule has 4 heteroatoms. The summed E-state index contributed by atoms with van der Waals surface area (Å²) in [5, 5.41) is 14.7. The first-order valence-corrected chi connectivity index (χ1v) is 7.78. The molecule has 2 atom stereocenters. The van der Waals surface area contributed by atoms with Crippen LogP contribution in [0.2, 0.25) is 10.0 Å². The fraction of sp³-hybridized carbons (Fsp3) is 0.294. The highest BCUT2D eigenvalue weighted by molar-refractivity contribution is 6.42. The van der Waals surface area contributed by atoms with Crippen LogP contribution in [0.5, 0.6) is 0 Å². The Bertz CT molecular complexity index is 574. The molecule has 0 fully saturated rings. The fourth-order valence-corrected chi connectivity index (χ4v) is 2.58. The molecular formula is C17H19Cl2NO. The van der Waals surface area contributed by atoms with E-state index in [0.717, 1.165) is 17.5 Å². The van der Waals surface area contributed by atoms with E-state index in [9.17, 15) is 5.11 Å². The molecule has 0 aliphatic carbocycles. The van der Waals surface area contributed by atoms with Crippen LogP contribution in [0.1, 0.15) is 36.6 Å². The van der Waals surface area contributed by atoms with E-state index in [1.54, 1.807) is 6.07 Å². The Morgan fingerprint density at radius 1 is 1.00 bits per heavy atom. The highest BCUT2D eigenvalue weighted by Gasteiger charge is 2.13. The third-order valence-electron chi connectivity index (χ3n) is 3.50. The summed E-state index contributed by atoms with van der Waals surface area (Å²) in [6.45, 7) is 2.58. The zero-order valence-corrected chi connectivity index (χ0v) is 13.4. The second kappa shape index (κ2) is 7.81. The lowest BCUT2D eigenvalue weighted by Crippen LogP contribution is -2.26. The standard InChI is InChI=1S/C17H19Cl2NO/c1-2-16(13-8-9-14(18)15(19)10-13)20-11-17(21)12-6-4-3-5-7-12/h3-10,16-17,20-21H,2,11H2,1H3. The third-order valence-corrected chi connectivity index (χ3v) is 4.24. The van der Waals surface area contributed by atoms with Crippen LogP contribution in [0.15, 0.2) is 48.5 Å². The Morgan fingerprint density at radius 2 is 1.71 bits per heavy atom. The van der Waals surface area contributed by atoms with Gasteiger partial charge in [0.2, 0.25) is 0 Å². The monoisotopic (exact) mass is 323 g/mol. The van der Waals surface area contributed by atoms with Crippen LogP contribution in [-0.4, -0.2) is 11.7 Å². The van der Waals surface area contributed by atoms with E-state index in [1.165, 1.54) is 0 Å². The maximum Gasteiger partial charge on any atom is 0.0914 e. The largest absolute Gasteiger partial charge is 0.387 e. The first-order chi connectivity index (χ1) is 10.1. The molecule has 2 unspecified atom stereocenters. The van der Waals surface area contributed by atoms with E-state index in [2.05, 4.69) is 12.2 Å². The summed E-state index contributed by atoms with van der Waals surface area (Å²) >= 11 is 12.0. The van der Waals surface area contributed by atoms with Crippen LogP contribution in [-0.2, 0) is 0 Å². The van der Waals surface area contributed by atoms with Crippen molar-refractivity contribution in [1.29, 1.82) is 0 Å². The van der Waals surface area contributed by atoms with Gasteiger partial charge < -0.3 is 10.4 Å². The molecule has 0 aromatic heterocycles. The number of nitrogens with one attached hydrogen (secondary N) is 1. The summed E-state index contributed by atoms with van der Waals surface area (Å²) < 4.78 is 0. The van der Waals surface area contributed by atoms with Crippen molar-refractivity contribution in [2.75, 3.05) is 6.54 Å². The molecule has 0 amide bonds. The second-order valence-electron chi connectivity index (χ2n) is 4.97. The lowest BCUT2D eigenvalue weighted by molar-refractivity contribution is 0.169. The van der Waals surface area contributed by atoms with Gasteiger partial charge in [0.15, 0.2) is 0 Å². The smallest absolute Gasteiger partial charge is 0.0914 e. The third kappa shape index (κ3) is 4.45. The molecule has 2 aromatic rings. The number of hydrogen-bond donors (Lipinski definition) is 2. The minimum Gasteiger partial charge on any atom is -0.387 e. The van der Waals surface area contributed by atoms with Crippen molar-refractivity contribution in [3.05, 3.63) is 69.7 Å². The highest BCUT2D eigenvalue weighted by Crippen LogP contribution is 2.27. The molecule has 0 spiro atoms. The fourth-order valence-electron chi connectivity index (χ4n) is 2.27. The molecule has 0 aliphatic heterocycles. The van der Waals surface area contributed by atoms with Crippen molar-refractivity contribution in [3.63, 3.8) is 0 Å². The molecule has 0 heterocycles. The predicted octanol–water partition coefficient (Wildman–Crippen LogP) is 4.77. The van der Waals surface area contributed by atoms with Crippen LogP contribution in [0.25, 0.3) is 0 Å². The number of halogens is 2. The maximum atomic E-state index is 10.2. The van der Waals surface area contributed by atoms with Gasteiger partial charge in [0.25, 0.3) is 0 Å². The number of aliphatic hydroxyl groups is 1. The van der Waals surface area contributed by atoms with Crippen molar-refractivity contribution in [2.45, 2.75) is 25.5 Å². The average molecular weight is 324 g/mol. The van der Waals surface area contributed by atoms with Gasteiger partial charge in [0, 0.05) is 12.6 Å². The SMILES string of the molecule is CCC(NCC(O)c1ccccc1)c1ccc(Cl)c(Cl)c1. The lowest BCUT2D eigenvalue weighted by Gasteiger charge is -2.20. The van der Waals surface area contributed by atoms with Gasteiger partial charge in [-0.15, -0.1) is 0 Å². The highest BCUT2D eigenvalue weighted by atomic mass is 35.5. The Kier molecular flexibility index (Phi) is 6.07. The molecule has 2 aromatic carbocycles. The topological polar surface area (TPSA) is 32.3 Å². The van der Waals surface area contributed by atoms with Crippen molar-refractivity contribution >= 4 is 23.2 Å². The molecule has 2 rings (SSSR count). The summed E-state index contributed by atoms with van der Waals surface area (Å²) in [6, 6.07) is 15.4. The van der Waals surface area contributed by atoms with E-state index in [0.29, 0.717) is 16.6 Å². The second-order valence-corrected chi connectivity index (χ2v) is 5.78. The number of hydrogen-bond acceptors (Lipinski definition) is 2. The summed E-state index contributed by atoms with van der Waals surface area (Å²) in [5.41, 5.74) is 1.99. The summed E-state index contributed by atoms with van der Waals surface area (Å²) in [7, 11) is 0. The number of benzene rings is 2. The molecule has 21 heavy (non-hydrogen) atoms. The van der Waals surface area contributed by atoms with E-state index >= 15 is 0 Å². The zero-order valence-electron chi connectivity index (χ0n) is 11.9. The molecule has 0 saturated heterocycles. The Morgan fingerprint density at radius 3 is 2.33 bits per heavy atom. The van der Waals surface area contributed by atoms with Crippen molar-refractivity contribution < 1.29 is 5.11 Å². The van der Waals surface area contributed by atoms with Gasteiger partial charge in [-0.25, -0.2) is 0 Å². The maximum absolute atomic E-state index is 10.2. The Labute approximate surface area is 135 Å². The quantitative estimate of drug-likeness (QED) is 0.802. The molecule has 0 saturated carbocycles. The minimum absolute atomic E-state index is 0.137. The van der Waals surface area contributed by atoms with Crippen LogP contribution in [0.4, 0.5) is 0 Å². The minimum atomic E-state index is -0.525. The molecule has 2 nitrogen and oxygen atoms in total. The molecule has 112 valence electrons. The van der Waals surface area contributed by atoms with Crippen LogP contribution in [0, 0.1) is 0 Å². The first kappa shape index (κ1) is 16.3. The first-order valence-electron chi connectivity index (χ1n) is 7.03. The summed E-state index contributed by atoms with van der Waals surface area (Å²) in [4.78, 5) is 0. The molecule has 0 aliphatic rings. The lowest BCUT2D eigenvalue weighted by atomic mass is 10.0. The normalized spacial score (nSPS) is 13.9. The summed E-state index contributed by atoms with van der Waals surface area (Å²) in [6.07, 6.45) is 0.377. The molecular weight excluding hydrogens is 305 g/mol. The van der Waals surface area contributed by atoms with Crippen LogP contribution < -0.4 is 5.32 Å². The molecule has 0 bridgehead atoms. The summed E-state index contributed by atoms with van der Waals surface area (Å²) in [5.74, 6) is 0. The zero-order chi connectivity index (χ0) is 15.2. The van der Waals surface area contributed by atoms with Gasteiger partial charge in [0.05, 0.1) is 16.1 Å². The van der Waals surface area contributed by atoms with Gasteiger partial charge >= 0.3 is 0 Å². The number of rotatable bonds is 6. The van der Waals surface area contributed by atoms with Crippen molar-refractivity contribution in [1.82, 2.24) is 5.32 Å². The van der Waals surface area contributed by atoms with Crippen LogP contribution in [0.3, 0.4) is 0 Å². The van der Waals surface area contributed by atoms with Gasteiger partial charge in [-0.1, -0.05) is 66.5 Å². The van der Waals surface area contributed by atoms with Crippen LogP contribution >= 0.6 is 23.2 Å². The van der Waals surface area contributed by atoms with Crippen molar-refractivity contribution in [2.24, 2.45) is 0 Å². The Balaban J connectivity index is 2.01. The number of aliphatic hydroxyl groups excluding tert-OH is 1. The van der Waals surface area contributed by atoms with Gasteiger partial charge in [-0.2, -0.15) is 0 Å². The molecule has 2 N–H and O–H groups in total. The van der Waals surface area contributed by atoms with Gasteiger partial charge in [-0.3, -0.25) is 0 Å². The van der Waals surface area contributed by atoms with Crippen molar-refractivity contribution in [3.8, 4) is 0 Å². The molecule has 0 radical (unpaired) electrons. The van der Waals surface area contributed by atoms with E-state index in [1.807, 2.05) is 42.5 Å². The van der Waals surface area contributed by atoms with Gasteiger partial charge in [0.1, 0.15) is 0 Å². The van der Waals surface area contributed by atoms with E-state index in [4.69, 9.17) is 23.2 Å².